The first-order valence-corrected chi connectivity index (χ1v) is 11.4. The maximum atomic E-state index is 6.33. The van der Waals surface area contributed by atoms with Gasteiger partial charge in [-0.2, -0.15) is 0 Å². The third kappa shape index (κ3) is 9.61. The highest BCUT2D eigenvalue weighted by atomic mass is 35.5. The fourth-order valence-corrected chi connectivity index (χ4v) is 3.24. The predicted molar refractivity (Wildman–Crippen MR) is 130 cm³/mol. The van der Waals surface area contributed by atoms with Gasteiger partial charge in [0.1, 0.15) is 29.2 Å². The number of nitrogens with zero attached hydrogens (tertiary/aromatic N) is 1. The average molecular weight is 505 g/mol. The van der Waals surface area contributed by atoms with Gasteiger partial charge in [-0.15, -0.1) is 0 Å². The van der Waals surface area contributed by atoms with Gasteiger partial charge in [0, 0.05) is 11.1 Å². The predicted octanol–water partition coefficient (Wildman–Crippen LogP) is 7.99. The second kappa shape index (κ2) is 13.7. The van der Waals surface area contributed by atoms with Gasteiger partial charge in [0.25, 0.3) is 0 Å². The van der Waals surface area contributed by atoms with E-state index in [1.165, 1.54) is 0 Å². The zero-order valence-electron chi connectivity index (χ0n) is 17.5. The highest BCUT2D eigenvalue weighted by Crippen LogP contribution is 2.33. The lowest BCUT2D eigenvalue weighted by molar-refractivity contribution is 0.138. The summed E-state index contributed by atoms with van der Waals surface area (Å²) in [5.74, 6) is 1.30. The van der Waals surface area contributed by atoms with Gasteiger partial charge in [0.05, 0.1) is 17.3 Å². The first-order valence-electron chi connectivity index (χ1n) is 9.86. The summed E-state index contributed by atoms with van der Waals surface area (Å²) >= 11 is 23.4. The van der Waals surface area contributed by atoms with Crippen LogP contribution < -0.4 is 9.47 Å². The van der Waals surface area contributed by atoms with E-state index in [2.05, 4.69) is 5.16 Å². The summed E-state index contributed by atoms with van der Waals surface area (Å²) in [6.45, 7) is 5.22. The summed E-state index contributed by atoms with van der Waals surface area (Å²) in [6.07, 6.45) is 4.29. The standard InChI is InChI=1S/C23H25Cl4NO3/c1-16-14-20(29-13-10-22(26)27)15-21(25)23(16)30-11-4-3-5-12-31-28-17(2)18-6-8-19(24)9-7-18/h6-10,14-15H,3-5,11-13H2,1-2H3. The SMILES string of the molecule is CC(=NOCCCCCOc1c(C)cc(OCC=C(Cl)Cl)cc1Cl)c1ccc(Cl)cc1. The Bertz CT molecular complexity index is 871. The zero-order valence-corrected chi connectivity index (χ0v) is 20.5. The third-order valence-electron chi connectivity index (χ3n) is 4.28. The largest absolute Gasteiger partial charge is 0.492 e. The van der Waals surface area contributed by atoms with E-state index < -0.39 is 0 Å². The molecule has 0 aliphatic carbocycles. The van der Waals surface area contributed by atoms with Gasteiger partial charge in [-0.25, -0.2) is 0 Å². The van der Waals surface area contributed by atoms with E-state index in [1.54, 1.807) is 12.1 Å². The lowest BCUT2D eigenvalue weighted by Crippen LogP contribution is -2.02. The molecule has 2 rings (SSSR count). The number of hydrogen-bond donors (Lipinski definition) is 0. The van der Waals surface area contributed by atoms with Gasteiger partial charge in [-0.1, -0.05) is 63.7 Å². The molecule has 0 fully saturated rings. The Kier molecular flexibility index (Phi) is 11.4. The zero-order chi connectivity index (χ0) is 22.6. The molecule has 0 aliphatic heterocycles. The maximum Gasteiger partial charge on any atom is 0.141 e. The minimum atomic E-state index is 0.164. The van der Waals surface area contributed by atoms with Gasteiger partial charge >= 0.3 is 0 Å². The average Bonchev–Trinajstić information content (AvgIpc) is 2.71. The molecule has 0 N–H and O–H groups in total. The van der Waals surface area contributed by atoms with Crippen molar-refractivity contribution >= 4 is 52.1 Å². The van der Waals surface area contributed by atoms with Crippen LogP contribution in [0.4, 0.5) is 0 Å². The molecule has 0 aliphatic rings. The Morgan fingerprint density at radius 3 is 2.35 bits per heavy atom. The van der Waals surface area contributed by atoms with Crippen LogP contribution in [0.2, 0.25) is 10.0 Å². The highest BCUT2D eigenvalue weighted by molar-refractivity contribution is 6.55. The molecule has 0 amide bonds. The lowest BCUT2D eigenvalue weighted by Gasteiger charge is -2.13. The van der Waals surface area contributed by atoms with E-state index in [9.17, 15) is 0 Å². The van der Waals surface area contributed by atoms with Gasteiger partial charge in [-0.05, 0) is 68.5 Å². The molecule has 0 bridgehead atoms. The van der Waals surface area contributed by atoms with Gasteiger partial charge in [0.15, 0.2) is 0 Å². The molecule has 2 aromatic rings. The van der Waals surface area contributed by atoms with E-state index in [1.807, 2.05) is 44.2 Å². The summed E-state index contributed by atoms with van der Waals surface area (Å²) in [6, 6.07) is 11.1. The summed E-state index contributed by atoms with van der Waals surface area (Å²) in [4.78, 5) is 5.40. The van der Waals surface area contributed by atoms with Crippen molar-refractivity contribution in [2.45, 2.75) is 33.1 Å². The molecule has 8 heteroatoms. The molecule has 0 unspecified atom stereocenters. The molecule has 0 saturated heterocycles. The number of ether oxygens (including phenoxy) is 2. The molecule has 0 spiro atoms. The number of aryl methyl sites for hydroxylation is 1. The number of halogens is 4. The van der Waals surface area contributed by atoms with Crippen molar-refractivity contribution < 1.29 is 14.3 Å². The van der Waals surface area contributed by atoms with E-state index >= 15 is 0 Å². The topological polar surface area (TPSA) is 40.0 Å². The summed E-state index contributed by atoms with van der Waals surface area (Å²) in [5, 5.41) is 5.35. The smallest absolute Gasteiger partial charge is 0.141 e. The van der Waals surface area contributed by atoms with Crippen LogP contribution in [0.3, 0.4) is 0 Å². The van der Waals surface area contributed by atoms with Crippen molar-refractivity contribution in [1.29, 1.82) is 0 Å². The molecule has 0 radical (unpaired) electrons. The molecular formula is C23H25Cl4NO3. The van der Waals surface area contributed by atoms with E-state index in [4.69, 9.17) is 60.7 Å². The Labute approximate surface area is 203 Å². The molecule has 0 heterocycles. The van der Waals surface area contributed by atoms with Crippen LogP contribution in [-0.2, 0) is 4.84 Å². The molecule has 2 aromatic carbocycles. The molecule has 4 nitrogen and oxygen atoms in total. The highest BCUT2D eigenvalue weighted by Gasteiger charge is 2.09. The first kappa shape index (κ1) is 25.7. The van der Waals surface area contributed by atoms with Gasteiger partial charge in [0.2, 0.25) is 0 Å². The second-order valence-corrected chi connectivity index (χ2v) is 8.63. The van der Waals surface area contributed by atoms with Crippen LogP contribution in [0.25, 0.3) is 0 Å². The monoisotopic (exact) mass is 503 g/mol. The van der Waals surface area contributed by atoms with Crippen molar-refractivity contribution in [2.75, 3.05) is 19.8 Å². The van der Waals surface area contributed by atoms with E-state index in [-0.39, 0.29) is 11.1 Å². The van der Waals surface area contributed by atoms with Crippen molar-refractivity contribution in [3.05, 3.63) is 68.1 Å². The van der Waals surface area contributed by atoms with Crippen molar-refractivity contribution in [1.82, 2.24) is 0 Å². The Morgan fingerprint density at radius 1 is 0.968 bits per heavy atom. The van der Waals surface area contributed by atoms with Crippen LogP contribution >= 0.6 is 46.4 Å². The summed E-state index contributed by atoms with van der Waals surface area (Å²) < 4.78 is 11.6. The number of unbranched alkanes of at least 4 members (excludes halogenated alkanes) is 2. The van der Waals surface area contributed by atoms with Crippen molar-refractivity contribution in [3.8, 4) is 11.5 Å². The quantitative estimate of drug-likeness (QED) is 0.167. The maximum absolute atomic E-state index is 6.33. The molecule has 0 aromatic heterocycles. The van der Waals surface area contributed by atoms with Crippen LogP contribution in [0.1, 0.15) is 37.3 Å². The van der Waals surface area contributed by atoms with Crippen LogP contribution in [-0.4, -0.2) is 25.5 Å². The Hall–Kier alpha value is -1.59. The molecular weight excluding hydrogens is 480 g/mol. The Morgan fingerprint density at radius 2 is 1.68 bits per heavy atom. The summed E-state index contributed by atoms with van der Waals surface area (Å²) in [5.41, 5.74) is 2.71. The van der Waals surface area contributed by atoms with Crippen LogP contribution in [0.15, 0.2) is 52.1 Å². The number of hydrogen-bond acceptors (Lipinski definition) is 4. The molecule has 168 valence electrons. The fraction of sp³-hybridized carbons (Fsp3) is 0.348. The van der Waals surface area contributed by atoms with Crippen molar-refractivity contribution in [3.63, 3.8) is 0 Å². The van der Waals surface area contributed by atoms with Crippen LogP contribution in [0, 0.1) is 6.92 Å². The van der Waals surface area contributed by atoms with Crippen LogP contribution in [0.5, 0.6) is 11.5 Å². The Balaban J connectivity index is 1.66. The fourth-order valence-electron chi connectivity index (χ4n) is 2.67. The number of benzene rings is 2. The van der Waals surface area contributed by atoms with E-state index in [0.29, 0.717) is 34.8 Å². The minimum Gasteiger partial charge on any atom is -0.492 e. The van der Waals surface area contributed by atoms with Crippen molar-refractivity contribution in [2.24, 2.45) is 5.16 Å². The molecule has 0 atom stereocenters. The second-order valence-electron chi connectivity index (χ2n) is 6.78. The molecule has 31 heavy (non-hydrogen) atoms. The normalized spacial score (nSPS) is 11.2. The van der Waals surface area contributed by atoms with E-state index in [0.717, 1.165) is 36.1 Å². The minimum absolute atomic E-state index is 0.164. The third-order valence-corrected chi connectivity index (χ3v) is 5.12. The molecule has 0 saturated carbocycles. The van der Waals surface area contributed by atoms with Gasteiger partial charge in [-0.3, -0.25) is 0 Å². The number of oxime groups is 1. The number of rotatable bonds is 12. The summed E-state index contributed by atoms with van der Waals surface area (Å²) in [7, 11) is 0. The van der Waals surface area contributed by atoms with Gasteiger partial charge < -0.3 is 14.3 Å². The first-order chi connectivity index (χ1) is 14.9. The lowest BCUT2D eigenvalue weighted by atomic mass is 10.1.